The summed E-state index contributed by atoms with van der Waals surface area (Å²) in [4.78, 5) is 8.09. The first kappa shape index (κ1) is 15.4. The van der Waals surface area contributed by atoms with E-state index < -0.39 is 0 Å². The first-order chi connectivity index (χ1) is 9.54. The number of fused-ring (bicyclic) bond motifs is 2. The second kappa shape index (κ2) is 5.82. The Morgan fingerprint density at radius 1 is 1.05 bits per heavy atom. The maximum atomic E-state index is 4.75. The van der Waals surface area contributed by atoms with Crippen molar-refractivity contribution in [1.29, 1.82) is 0 Å². The lowest BCUT2D eigenvalue weighted by molar-refractivity contribution is 0.814. The minimum Gasteiger partial charge on any atom is -0.378 e. The van der Waals surface area contributed by atoms with Crippen molar-refractivity contribution in [3.8, 4) is 10.6 Å². The van der Waals surface area contributed by atoms with Gasteiger partial charge in [0.2, 0.25) is 5.36 Å². The van der Waals surface area contributed by atoms with Gasteiger partial charge in [-0.1, -0.05) is 7.43 Å². The Hall–Kier alpha value is -1.94. The molecule has 2 aliphatic rings. The van der Waals surface area contributed by atoms with Gasteiger partial charge >= 0.3 is 0 Å². The summed E-state index contributed by atoms with van der Waals surface area (Å²) in [5.74, 6) is 0. The van der Waals surface area contributed by atoms with E-state index in [-0.39, 0.29) is 7.43 Å². The molecule has 0 spiro atoms. The first-order valence-electron chi connectivity index (χ1n) is 6.57. The Kier molecular flexibility index (Phi) is 4.28. The van der Waals surface area contributed by atoms with Gasteiger partial charge in [-0.15, -0.1) is 11.3 Å². The van der Waals surface area contributed by atoms with Gasteiger partial charge in [0.05, 0.1) is 20.8 Å². The second-order valence-corrected chi connectivity index (χ2v) is 6.39. The van der Waals surface area contributed by atoms with Crippen LogP contribution < -0.4 is 14.8 Å². The quantitative estimate of drug-likeness (QED) is 0.508. The van der Waals surface area contributed by atoms with Crippen molar-refractivity contribution >= 4 is 27.2 Å². The van der Waals surface area contributed by atoms with Crippen LogP contribution in [0.25, 0.3) is 20.8 Å². The minimum absolute atomic E-state index is 0. The summed E-state index contributed by atoms with van der Waals surface area (Å²) in [6.45, 7) is 0. The zero-order valence-corrected chi connectivity index (χ0v) is 13.0. The predicted molar refractivity (Wildman–Crippen MR) is 94.4 cm³/mol. The van der Waals surface area contributed by atoms with Crippen molar-refractivity contribution in [2.75, 3.05) is 33.1 Å². The van der Waals surface area contributed by atoms with Gasteiger partial charge in [-0.3, -0.25) is 0 Å². The van der Waals surface area contributed by atoms with Crippen LogP contribution in [0.3, 0.4) is 0 Å². The molecule has 3 nitrogen and oxygen atoms in total. The highest BCUT2D eigenvalue weighted by Gasteiger charge is 2.09. The van der Waals surface area contributed by atoms with Gasteiger partial charge in [0.1, 0.15) is 14.1 Å². The van der Waals surface area contributed by atoms with E-state index in [1.165, 1.54) is 20.6 Å². The second-order valence-electron chi connectivity index (χ2n) is 5.31. The van der Waals surface area contributed by atoms with Crippen LogP contribution in [0.5, 0.6) is 0 Å². The Labute approximate surface area is 130 Å². The molecule has 1 aliphatic heterocycles. The smallest absolute Gasteiger partial charge is 0.201 e. The van der Waals surface area contributed by atoms with Gasteiger partial charge in [-0.25, -0.2) is 9.56 Å². The third-order valence-corrected chi connectivity index (χ3v) is 4.47. The minimum atomic E-state index is 0. The average molecular weight is 300 g/mol. The lowest BCUT2D eigenvalue weighted by Crippen LogP contribution is -2.21. The zero-order valence-electron chi connectivity index (χ0n) is 12.2. The van der Waals surface area contributed by atoms with Crippen molar-refractivity contribution in [2.24, 2.45) is 0 Å². The Balaban J connectivity index is 0.00000161. The Bertz CT molecular complexity index is 814. The van der Waals surface area contributed by atoms with E-state index in [0.717, 1.165) is 11.2 Å². The molecule has 1 aromatic carbocycles. The number of hydrogen-bond donors (Lipinski definition) is 0. The van der Waals surface area contributed by atoms with E-state index in [1.807, 2.05) is 0 Å². The topological polar surface area (TPSA) is 19.1 Å². The molecule has 1 aromatic rings. The molecule has 0 unspecified atom stereocenters. The van der Waals surface area contributed by atoms with Crippen LogP contribution >= 0.6 is 11.3 Å². The van der Waals surface area contributed by atoms with E-state index >= 15 is 0 Å². The van der Waals surface area contributed by atoms with Crippen LogP contribution in [-0.2, 0) is 0 Å². The number of benzene rings is 2. The number of hydrogen-bond acceptors (Lipinski definition) is 3. The molecule has 110 valence electrons. The van der Waals surface area contributed by atoms with Crippen LogP contribution in [0.15, 0.2) is 36.4 Å². The van der Waals surface area contributed by atoms with Crippen LogP contribution in [0.2, 0.25) is 0 Å². The molecule has 1 heterocycles. The summed E-state index contributed by atoms with van der Waals surface area (Å²) in [6.07, 6.45) is 0. The summed E-state index contributed by atoms with van der Waals surface area (Å²) < 4.78 is 3.34. The maximum Gasteiger partial charge on any atom is 0.201 e. The van der Waals surface area contributed by atoms with E-state index in [9.17, 15) is 0 Å². The maximum absolute atomic E-state index is 4.75. The molecule has 3 rings (SSSR count). The normalized spacial score (nSPS) is 10.5. The fourth-order valence-corrected chi connectivity index (χ4v) is 3.19. The molecule has 0 amide bonds. The number of anilines is 1. The molecule has 0 N–H and O–H groups in total. The summed E-state index contributed by atoms with van der Waals surface area (Å²) in [7, 11) is 8.24. The van der Waals surface area contributed by atoms with Gasteiger partial charge < -0.3 is 4.90 Å². The fraction of sp³-hybridized carbons (Fsp3) is 0.294. The van der Waals surface area contributed by atoms with Crippen LogP contribution in [0.1, 0.15) is 7.43 Å². The van der Waals surface area contributed by atoms with Gasteiger partial charge in [0.15, 0.2) is 0 Å². The predicted octanol–water partition coefficient (Wildman–Crippen LogP) is 3.14. The Morgan fingerprint density at radius 2 is 1.81 bits per heavy atom. The van der Waals surface area contributed by atoms with Crippen LogP contribution in [0.4, 0.5) is 5.69 Å². The molecule has 0 atom stereocenters. The van der Waals surface area contributed by atoms with Crippen molar-refractivity contribution in [3.05, 3.63) is 41.8 Å². The number of aromatic nitrogens is 1. The molecule has 0 saturated carbocycles. The largest absolute Gasteiger partial charge is 0.378 e. The molecule has 0 radical (unpaired) electrons. The third-order valence-electron chi connectivity index (χ3n) is 3.38. The zero-order chi connectivity index (χ0) is 14.3. The standard InChI is InChI=1S/C16H18N3S.CH4/c1-18(2)11-5-7-13-15(9-11)20-16-10-12(19(3)4)6-8-14(16)17-13;/h5-10H,1-4H3;1H4/q+1;. The molecular weight excluding hydrogens is 278 g/mol. The highest BCUT2D eigenvalue weighted by molar-refractivity contribution is 7.21. The number of rotatable bonds is 1. The average Bonchev–Trinajstić information content (AvgIpc) is 2.43. The monoisotopic (exact) mass is 300 g/mol. The van der Waals surface area contributed by atoms with E-state index in [4.69, 9.17) is 4.98 Å². The van der Waals surface area contributed by atoms with Crippen molar-refractivity contribution in [1.82, 2.24) is 9.56 Å². The molecule has 4 heteroatoms. The van der Waals surface area contributed by atoms with E-state index in [0.29, 0.717) is 0 Å². The molecule has 0 bridgehead atoms. The van der Waals surface area contributed by atoms with E-state index in [2.05, 4.69) is 74.1 Å². The lowest BCUT2D eigenvalue weighted by atomic mass is 10.2. The molecule has 21 heavy (non-hydrogen) atoms. The lowest BCUT2D eigenvalue weighted by Gasteiger charge is -2.13. The molecule has 0 fully saturated rings. The molecule has 0 aromatic heterocycles. The highest BCUT2D eigenvalue weighted by Crippen LogP contribution is 2.31. The summed E-state index contributed by atoms with van der Waals surface area (Å²) in [5, 5.41) is 1.21. The van der Waals surface area contributed by atoms with E-state index in [1.54, 1.807) is 11.3 Å². The molecule has 1 aliphatic carbocycles. The van der Waals surface area contributed by atoms with Crippen LogP contribution in [-0.4, -0.2) is 33.2 Å². The summed E-state index contributed by atoms with van der Waals surface area (Å²) in [6, 6.07) is 12.8. The van der Waals surface area contributed by atoms with Crippen molar-refractivity contribution < 1.29 is 0 Å². The fourth-order valence-electron chi connectivity index (χ4n) is 2.16. The van der Waals surface area contributed by atoms with Crippen LogP contribution in [0, 0.1) is 0 Å². The van der Waals surface area contributed by atoms with Gasteiger partial charge in [0.25, 0.3) is 0 Å². The van der Waals surface area contributed by atoms with Crippen molar-refractivity contribution in [3.63, 3.8) is 0 Å². The summed E-state index contributed by atoms with van der Waals surface area (Å²) >= 11 is 1.80. The Morgan fingerprint density at radius 3 is 2.48 bits per heavy atom. The SMILES string of the molecule is C.CN(C)c1ccc2nc3ccc(=[N+](C)C)cc-3sc2c1. The highest BCUT2D eigenvalue weighted by atomic mass is 32.1. The first-order valence-corrected chi connectivity index (χ1v) is 7.38. The molecule has 0 saturated heterocycles. The number of nitrogens with zero attached hydrogens (tertiary/aromatic N) is 3. The third kappa shape index (κ3) is 2.90. The van der Waals surface area contributed by atoms with Gasteiger partial charge in [-0.05, 0) is 24.3 Å². The molecular formula is C17H22N3S+. The van der Waals surface area contributed by atoms with Gasteiger partial charge in [-0.2, -0.15) is 0 Å². The van der Waals surface area contributed by atoms with Gasteiger partial charge in [0, 0.05) is 31.9 Å². The summed E-state index contributed by atoms with van der Waals surface area (Å²) in [5.41, 5.74) is 3.33. The van der Waals surface area contributed by atoms with Crippen molar-refractivity contribution in [2.45, 2.75) is 7.43 Å².